The Morgan fingerprint density at radius 3 is 2.63 bits per heavy atom. The first-order chi connectivity index (χ1) is 14.0. The van der Waals surface area contributed by atoms with Crippen LogP contribution in [0.15, 0.2) is 35.4 Å². The van der Waals surface area contributed by atoms with Gasteiger partial charge in [-0.2, -0.15) is 0 Å². The third-order valence-corrected chi connectivity index (χ3v) is 4.70. The zero-order chi connectivity index (χ0) is 22.2. The highest BCUT2D eigenvalue weighted by molar-refractivity contribution is 6.35. The molecular formula is C21H22ClFN4O3. The summed E-state index contributed by atoms with van der Waals surface area (Å²) in [6, 6.07) is 3.55. The van der Waals surface area contributed by atoms with E-state index in [1.54, 1.807) is 46.9 Å². The second-order valence-electron chi connectivity index (χ2n) is 7.90. The molecule has 2 heterocycles. The number of carbonyl (C=O) groups excluding carboxylic acids is 1. The van der Waals surface area contributed by atoms with Gasteiger partial charge in [-0.15, -0.1) is 0 Å². The Balaban J connectivity index is 2.24. The number of hydrogen-bond acceptors (Lipinski definition) is 5. The highest BCUT2D eigenvalue weighted by Crippen LogP contribution is 2.26. The van der Waals surface area contributed by atoms with Crippen molar-refractivity contribution in [1.82, 2.24) is 19.9 Å². The maximum Gasteiger partial charge on any atom is 0.408 e. The van der Waals surface area contributed by atoms with Crippen LogP contribution in [0, 0.1) is 12.7 Å². The summed E-state index contributed by atoms with van der Waals surface area (Å²) >= 11 is 6.09. The Kier molecular flexibility index (Phi) is 5.81. The van der Waals surface area contributed by atoms with Crippen molar-refractivity contribution in [3.8, 4) is 5.69 Å². The van der Waals surface area contributed by atoms with Gasteiger partial charge in [0.25, 0.3) is 5.56 Å². The van der Waals surface area contributed by atoms with Crippen molar-refractivity contribution in [2.75, 3.05) is 0 Å². The molecule has 3 aromatic rings. The van der Waals surface area contributed by atoms with E-state index >= 15 is 0 Å². The largest absolute Gasteiger partial charge is 0.444 e. The molecule has 1 amide bonds. The van der Waals surface area contributed by atoms with Gasteiger partial charge in [-0.25, -0.2) is 14.2 Å². The van der Waals surface area contributed by atoms with Crippen molar-refractivity contribution in [3.63, 3.8) is 0 Å². The van der Waals surface area contributed by atoms with E-state index in [2.05, 4.69) is 15.3 Å². The molecule has 1 unspecified atom stereocenters. The number of carbonyl (C=O) groups is 1. The minimum atomic E-state index is -0.717. The first kappa shape index (κ1) is 21.7. The van der Waals surface area contributed by atoms with Gasteiger partial charge in [-0.1, -0.05) is 11.6 Å². The van der Waals surface area contributed by atoms with Crippen LogP contribution in [0.3, 0.4) is 0 Å². The molecule has 0 fully saturated rings. The molecule has 158 valence electrons. The molecular weight excluding hydrogens is 411 g/mol. The van der Waals surface area contributed by atoms with E-state index in [9.17, 15) is 14.0 Å². The molecule has 1 N–H and O–H groups in total. The number of pyridine rings is 1. The number of nitrogens with one attached hydrogen (secondary N) is 1. The summed E-state index contributed by atoms with van der Waals surface area (Å²) in [5, 5.41) is 2.34. The molecule has 1 atom stereocenters. The van der Waals surface area contributed by atoms with Crippen LogP contribution in [0.2, 0.25) is 5.02 Å². The molecule has 0 radical (unpaired) electrons. The Bertz CT molecular complexity index is 1190. The molecule has 2 aromatic heterocycles. The van der Waals surface area contributed by atoms with Crippen molar-refractivity contribution in [3.05, 3.63) is 63.2 Å². The molecule has 0 aliphatic rings. The predicted octanol–water partition coefficient (Wildman–Crippen LogP) is 4.47. The second-order valence-corrected chi connectivity index (χ2v) is 8.27. The van der Waals surface area contributed by atoms with Crippen molar-refractivity contribution in [2.24, 2.45) is 0 Å². The third kappa shape index (κ3) is 4.28. The normalized spacial score (nSPS) is 12.6. The summed E-state index contributed by atoms with van der Waals surface area (Å²) in [6.45, 7) is 8.71. The van der Waals surface area contributed by atoms with Crippen LogP contribution in [0.25, 0.3) is 16.6 Å². The van der Waals surface area contributed by atoms with Gasteiger partial charge in [0.1, 0.15) is 17.2 Å². The number of ether oxygens (including phenoxy) is 1. The van der Waals surface area contributed by atoms with E-state index in [1.165, 1.54) is 16.8 Å². The molecule has 0 aliphatic heterocycles. The quantitative estimate of drug-likeness (QED) is 0.660. The number of nitrogens with zero attached hydrogens (tertiary/aromatic N) is 3. The lowest BCUT2D eigenvalue weighted by atomic mass is 10.1. The van der Waals surface area contributed by atoms with Crippen LogP contribution in [0.5, 0.6) is 0 Å². The monoisotopic (exact) mass is 432 g/mol. The number of rotatable bonds is 3. The van der Waals surface area contributed by atoms with Gasteiger partial charge in [0.2, 0.25) is 0 Å². The summed E-state index contributed by atoms with van der Waals surface area (Å²) in [5.41, 5.74) is 0.160. The summed E-state index contributed by atoms with van der Waals surface area (Å²) in [6.07, 6.45) is 2.43. The molecule has 1 aromatic carbocycles. The van der Waals surface area contributed by atoms with Gasteiger partial charge in [-0.05, 0) is 58.4 Å². The Morgan fingerprint density at radius 2 is 2.00 bits per heavy atom. The average Bonchev–Trinajstić information content (AvgIpc) is 2.63. The van der Waals surface area contributed by atoms with Crippen LogP contribution >= 0.6 is 11.6 Å². The molecule has 3 rings (SSSR count). The first-order valence-corrected chi connectivity index (χ1v) is 9.68. The van der Waals surface area contributed by atoms with Crippen molar-refractivity contribution < 1.29 is 13.9 Å². The summed E-state index contributed by atoms with van der Waals surface area (Å²) < 4.78 is 20.6. The summed E-state index contributed by atoms with van der Waals surface area (Å²) in [7, 11) is 0. The number of aromatic nitrogens is 3. The van der Waals surface area contributed by atoms with Crippen LogP contribution in [0.1, 0.15) is 45.1 Å². The van der Waals surface area contributed by atoms with Gasteiger partial charge >= 0.3 is 6.09 Å². The molecule has 9 heteroatoms. The fourth-order valence-corrected chi connectivity index (χ4v) is 3.23. The van der Waals surface area contributed by atoms with Crippen LogP contribution < -0.4 is 10.9 Å². The number of benzene rings is 1. The van der Waals surface area contributed by atoms with Crippen molar-refractivity contribution in [1.29, 1.82) is 0 Å². The lowest BCUT2D eigenvalue weighted by molar-refractivity contribution is 0.0505. The molecule has 7 nitrogen and oxygen atoms in total. The summed E-state index contributed by atoms with van der Waals surface area (Å²) in [5.74, 6) is -0.484. The second kappa shape index (κ2) is 8.02. The zero-order valence-electron chi connectivity index (χ0n) is 17.3. The van der Waals surface area contributed by atoms with Gasteiger partial charge in [0, 0.05) is 6.20 Å². The fraction of sp³-hybridized carbons (Fsp3) is 0.333. The van der Waals surface area contributed by atoms with E-state index in [4.69, 9.17) is 16.3 Å². The smallest absolute Gasteiger partial charge is 0.408 e. The van der Waals surface area contributed by atoms with Gasteiger partial charge in [0.15, 0.2) is 0 Å². The highest BCUT2D eigenvalue weighted by Gasteiger charge is 2.24. The molecule has 0 aliphatic carbocycles. The van der Waals surface area contributed by atoms with Crippen molar-refractivity contribution in [2.45, 2.75) is 46.3 Å². The number of aryl methyl sites for hydroxylation is 1. The van der Waals surface area contributed by atoms with Gasteiger partial charge < -0.3 is 10.1 Å². The maximum atomic E-state index is 14.0. The number of halogens is 2. The number of hydrogen-bond donors (Lipinski definition) is 1. The van der Waals surface area contributed by atoms with E-state index in [0.29, 0.717) is 5.69 Å². The van der Waals surface area contributed by atoms with Crippen LogP contribution in [-0.2, 0) is 4.74 Å². The fourth-order valence-electron chi connectivity index (χ4n) is 2.99. The van der Waals surface area contributed by atoms with Crippen LogP contribution in [-0.4, -0.2) is 26.2 Å². The number of alkyl carbamates (subject to hydrolysis) is 1. The van der Waals surface area contributed by atoms with Crippen LogP contribution in [0.4, 0.5) is 9.18 Å². The lowest BCUT2D eigenvalue weighted by Gasteiger charge is -2.23. The van der Waals surface area contributed by atoms with E-state index < -0.39 is 29.1 Å². The third-order valence-electron chi connectivity index (χ3n) is 4.33. The van der Waals surface area contributed by atoms with E-state index in [0.717, 1.165) is 11.6 Å². The lowest BCUT2D eigenvalue weighted by Crippen LogP contribution is -2.37. The Hall–Kier alpha value is -3.00. The molecule has 0 spiro atoms. The SMILES string of the molecule is Cc1ccncc1-n1c(C(C)NC(=O)OC(C)(C)C)nc2ccc(F)c(Cl)c2c1=O. The molecule has 0 bridgehead atoms. The highest BCUT2D eigenvalue weighted by atomic mass is 35.5. The zero-order valence-corrected chi connectivity index (χ0v) is 18.0. The summed E-state index contributed by atoms with van der Waals surface area (Å²) in [4.78, 5) is 34.3. The van der Waals surface area contributed by atoms with Gasteiger partial charge in [-0.3, -0.25) is 14.3 Å². The average molecular weight is 433 g/mol. The number of amides is 1. The van der Waals surface area contributed by atoms with Gasteiger partial charge in [0.05, 0.1) is 33.9 Å². The molecule has 30 heavy (non-hydrogen) atoms. The minimum absolute atomic E-state index is 0.0480. The van der Waals surface area contributed by atoms with Crippen molar-refractivity contribution >= 4 is 28.6 Å². The Morgan fingerprint density at radius 1 is 1.30 bits per heavy atom. The first-order valence-electron chi connectivity index (χ1n) is 9.30. The number of fused-ring (bicyclic) bond motifs is 1. The molecule has 0 saturated carbocycles. The molecule has 0 saturated heterocycles. The topological polar surface area (TPSA) is 86.1 Å². The van der Waals surface area contributed by atoms with E-state index in [1.807, 2.05) is 0 Å². The predicted molar refractivity (Wildman–Crippen MR) is 113 cm³/mol. The maximum absolute atomic E-state index is 14.0. The minimum Gasteiger partial charge on any atom is -0.444 e. The van der Waals surface area contributed by atoms with E-state index in [-0.39, 0.29) is 21.7 Å². The Labute approximate surface area is 177 Å². The standard InChI is InChI=1S/C21H22ClFN4O3/c1-11-8-9-24-10-15(11)27-18(12(2)25-20(29)30-21(3,4)5)26-14-7-6-13(23)17(22)16(14)19(27)28/h6-10,12H,1-5H3,(H,25,29).